The summed E-state index contributed by atoms with van der Waals surface area (Å²) in [6, 6.07) is 2.83. The first-order valence-corrected chi connectivity index (χ1v) is 4.56. The van der Waals surface area contributed by atoms with E-state index in [0.29, 0.717) is 6.29 Å². The lowest BCUT2D eigenvalue weighted by atomic mass is 10.2. The second-order valence-electron chi connectivity index (χ2n) is 2.62. The predicted molar refractivity (Wildman–Crippen MR) is 53.8 cm³/mol. The monoisotopic (exact) mass is 259 g/mol. The summed E-state index contributed by atoms with van der Waals surface area (Å²) < 4.78 is 13.6. The van der Waals surface area contributed by atoms with Crippen LogP contribution in [-0.4, -0.2) is 12.2 Å². The van der Waals surface area contributed by atoms with E-state index in [0.717, 1.165) is 0 Å². The highest BCUT2D eigenvalue weighted by Gasteiger charge is 2.12. The molecule has 1 rings (SSSR count). The van der Waals surface area contributed by atoms with Crippen molar-refractivity contribution < 1.29 is 14.0 Å². The molecule has 0 aliphatic carbocycles. The largest absolute Gasteiger partial charge is 0.323 e. The average Bonchev–Trinajstić information content (AvgIpc) is 2.13. The molecular weight excluding hydrogens is 253 g/mol. The number of aldehydes is 1. The molecule has 1 amide bonds. The van der Waals surface area contributed by atoms with E-state index in [1.165, 1.54) is 19.1 Å². The van der Waals surface area contributed by atoms with E-state index in [9.17, 15) is 14.0 Å². The number of benzene rings is 1. The molecule has 0 aliphatic heterocycles. The fourth-order valence-corrected chi connectivity index (χ4v) is 1.30. The van der Waals surface area contributed by atoms with Crippen LogP contribution in [0.2, 0.25) is 0 Å². The zero-order valence-corrected chi connectivity index (χ0v) is 8.89. The fraction of sp³-hybridized carbons (Fsp3) is 0.111. The van der Waals surface area contributed by atoms with Gasteiger partial charge in [-0.15, -0.1) is 0 Å². The first-order valence-electron chi connectivity index (χ1n) is 3.77. The van der Waals surface area contributed by atoms with Crippen LogP contribution < -0.4 is 5.32 Å². The Morgan fingerprint density at radius 1 is 1.57 bits per heavy atom. The molecule has 1 aromatic rings. The average molecular weight is 260 g/mol. The van der Waals surface area contributed by atoms with Crippen molar-refractivity contribution >= 4 is 33.8 Å². The van der Waals surface area contributed by atoms with E-state index in [-0.39, 0.29) is 15.7 Å². The van der Waals surface area contributed by atoms with Crippen molar-refractivity contribution in [2.75, 3.05) is 5.32 Å². The zero-order valence-electron chi connectivity index (χ0n) is 7.30. The van der Waals surface area contributed by atoms with Gasteiger partial charge in [-0.1, -0.05) is 0 Å². The molecule has 1 aromatic carbocycles. The number of carbonyl (C=O) groups is 2. The lowest BCUT2D eigenvalue weighted by Gasteiger charge is -2.07. The number of hydrogen-bond donors (Lipinski definition) is 1. The standard InChI is InChI=1S/C9H7BrFNO2/c1-5(14)12-9-6(4-13)2-3-7(10)8(9)11/h2-4H,1H3,(H,12,14). The second kappa shape index (κ2) is 4.32. The van der Waals surface area contributed by atoms with E-state index in [1.807, 2.05) is 0 Å². The van der Waals surface area contributed by atoms with Gasteiger partial charge in [0.05, 0.1) is 10.2 Å². The Morgan fingerprint density at radius 3 is 2.71 bits per heavy atom. The van der Waals surface area contributed by atoms with Gasteiger partial charge in [-0.3, -0.25) is 9.59 Å². The van der Waals surface area contributed by atoms with Crippen molar-refractivity contribution in [2.45, 2.75) is 6.92 Å². The summed E-state index contributed by atoms with van der Waals surface area (Å²) in [4.78, 5) is 21.3. The summed E-state index contributed by atoms with van der Waals surface area (Å²) in [7, 11) is 0. The van der Waals surface area contributed by atoms with Crippen LogP contribution in [0.25, 0.3) is 0 Å². The number of nitrogens with one attached hydrogen (secondary N) is 1. The summed E-state index contributed by atoms with van der Waals surface area (Å²) in [5.41, 5.74) is 0.0165. The topological polar surface area (TPSA) is 46.2 Å². The lowest BCUT2D eigenvalue weighted by Crippen LogP contribution is -2.10. The van der Waals surface area contributed by atoms with Gasteiger partial charge in [0.1, 0.15) is 0 Å². The van der Waals surface area contributed by atoms with Gasteiger partial charge in [-0.2, -0.15) is 0 Å². The predicted octanol–water partition coefficient (Wildman–Crippen LogP) is 2.36. The molecule has 0 radical (unpaired) electrons. The maximum Gasteiger partial charge on any atom is 0.221 e. The van der Waals surface area contributed by atoms with Crippen molar-refractivity contribution in [1.82, 2.24) is 0 Å². The van der Waals surface area contributed by atoms with Gasteiger partial charge < -0.3 is 5.32 Å². The molecule has 0 fully saturated rings. The van der Waals surface area contributed by atoms with Crippen LogP contribution in [0, 0.1) is 5.82 Å². The van der Waals surface area contributed by atoms with Crippen molar-refractivity contribution in [3.8, 4) is 0 Å². The molecule has 0 spiro atoms. The molecule has 0 heterocycles. The van der Waals surface area contributed by atoms with Gasteiger partial charge in [0.15, 0.2) is 12.1 Å². The summed E-state index contributed by atoms with van der Waals surface area (Å²) >= 11 is 2.96. The van der Waals surface area contributed by atoms with E-state index in [2.05, 4.69) is 21.2 Å². The minimum atomic E-state index is -0.648. The molecule has 0 aromatic heterocycles. The smallest absolute Gasteiger partial charge is 0.221 e. The molecule has 1 N–H and O–H groups in total. The second-order valence-corrected chi connectivity index (χ2v) is 3.48. The number of amides is 1. The van der Waals surface area contributed by atoms with E-state index < -0.39 is 11.7 Å². The Bertz CT molecular complexity index is 393. The van der Waals surface area contributed by atoms with Crippen LogP contribution in [0.3, 0.4) is 0 Å². The molecule has 5 heteroatoms. The maximum absolute atomic E-state index is 13.4. The summed E-state index contributed by atoms with van der Waals surface area (Å²) in [5.74, 6) is -1.07. The normalized spacial score (nSPS) is 9.64. The van der Waals surface area contributed by atoms with Crippen LogP contribution >= 0.6 is 15.9 Å². The quantitative estimate of drug-likeness (QED) is 0.829. The first-order chi connectivity index (χ1) is 6.56. The third kappa shape index (κ3) is 2.17. The highest BCUT2D eigenvalue weighted by Crippen LogP contribution is 2.25. The van der Waals surface area contributed by atoms with Crippen molar-refractivity contribution in [3.63, 3.8) is 0 Å². The van der Waals surface area contributed by atoms with Gasteiger partial charge in [0, 0.05) is 12.5 Å². The van der Waals surface area contributed by atoms with Gasteiger partial charge in [0.2, 0.25) is 5.91 Å². The molecule has 0 aliphatic rings. The number of hydrogen-bond acceptors (Lipinski definition) is 2. The van der Waals surface area contributed by atoms with Gasteiger partial charge in [-0.05, 0) is 28.1 Å². The van der Waals surface area contributed by atoms with Crippen LogP contribution in [0.1, 0.15) is 17.3 Å². The molecule has 0 atom stereocenters. The Hall–Kier alpha value is -1.23. The number of anilines is 1. The minimum Gasteiger partial charge on any atom is -0.323 e. The van der Waals surface area contributed by atoms with Crippen molar-refractivity contribution in [2.24, 2.45) is 0 Å². The first kappa shape index (κ1) is 10.8. The van der Waals surface area contributed by atoms with Crippen LogP contribution in [0.4, 0.5) is 10.1 Å². The Morgan fingerprint density at radius 2 is 2.21 bits per heavy atom. The molecule has 0 saturated heterocycles. The van der Waals surface area contributed by atoms with E-state index in [1.54, 1.807) is 0 Å². The number of halogens is 2. The number of carbonyl (C=O) groups excluding carboxylic acids is 2. The Kier molecular flexibility index (Phi) is 3.35. The number of rotatable bonds is 2. The molecular formula is C9H7BrFNO2. The van der Waals surface area contributed by atoms with Crippen LogP contribution in [0.5, 0.6) is 0 Å². The molecule has 3 nitrogen and oxygen atoms in total. The van der Waals surface area contributed by atoms with Crippen LogP contribution in [-0.2, 0) is 4.79 Å². The lowest BCUT2D eigenvalue weighted by molar-refractivity contribution is -0.114. The fourth-order valence-electron chi connectivity index (χ4n) is 0.967. The van der Waals surface area contributed by atoms with Gasteiger partial charge >= 0.3 is 0 Å². The van der Waals surface area contributed by atoms with Crippen molar-refractivity contribution in [3.05, 3.63) is 28.0 Å². The minimum absolute atomic E-state index is 0.0955. The zero-order chi connectivity index (χ0) is 10.7. The molecule has 74 valence electrons. The Labute approximate surface area is 88.4 Å². The summed E-state index contributed by atoms with van der Waals surface area (Å²) in [5, 5.41) is 2.26. The van der Waals surface area contributed by atoms with Gasteiger partial charge in [-0.25, -0.2) is 4.39 Å². The Balaban J connectivity index is 3.27. The van der Waals surface area contributed by atoms with Crippen molar-refractivity contribution in [1.29, 1.82) is 0 Å². The third-order valence-corrected chi connectivity index (χ3v) is 2.17. The molecule has 0 saturated carbocycles. The third-order valence-electron chi connectivity index (χ3n) is 1.56. The van der Waals surface area contributed by atoms with E-state index in [4.69, 9.17) is 0 Å². The summed E-state index contributed by atoms with van der Waals surface area (Å²) in [6.45, 7) is 1.24. The highest BCUT2D eigenvalue weighted by atomic mass is 79.9. The van der Waals surface area contributed by atoms with Crippen LogP contribution in [0.15, 0.2) is 16.6 Å². The van der Waals surface area contributed by atoms with E-state index >= 15 is 0 Å². The van der Waals surface area contributed by atoms with Gasteiger partial charge in [0.25, 0.3) is 0 Å². The SMILES string of the molecule is CC(=O)Nc1c(C=O)ccc(Br)c1F. The maximum atomic E-state index is 13.4. The highest BCUT2D eigenvalue weighted by molar-refractivity contribution is 9.10. The molecule has 0 bridgehead atoms. The molecule has 0 unspecified atom stereocenters. The summed E-state index contributed by atoms with van der Waals surface area (Å²) in [6.07, 6.45) is 0.487. The molecule has 14 heavy (non-hydrogen) atoms.